The van der Waals surface area contributed by atoms with Crippen molar-refractivity contribution in [1.29, 1.82) is 0 Å². The van der Waals surface area contributed by atoms with E-state index in [2.05, 4.69) is 22.4 Å². The minimum atomic E-state index is -1.07. The van der Waals surface area contributed by atoms with E-state index < -0.39 is 12.0 Å². The minimum absolute atomic E-state index is 0.113. The zero-order valence-corrected chi connectivity index (χ0v) is 25.3. The second-order valence-corrected chi connectivity index (χ2v) is 11.5. The van der Waals surface area contributed by atoms with Gasteiger partial charge in [-0.1, -0.05) is 66.7 Å². The van der Waals surface area contributed by atoms with Crippen molar-refractivity contribution in [2.45, 2.75) is 51.2 Å². The molecule has 5 rings (SSSR count). The predicted molar refractivity (Wildman–Crippen MR) is 172 cm³/mol. The Labute approximate surface area is 264 Å². The molecule has 8 nitrogen and oxygen atoms in total. The zero-order chi connectivity index (χ0) is 31.4. The summed E-state index contributed by atoms with van der Waals surface area (Å²) in [5.74, 6) is -0.418. The van der Waals surface area contributed by atoms with Crippen molar-refractivity contribution in [3.8, 4) is 16.9 Å². The Balaban J connectivity index is 1.03. The average Bonchev–Trinajstić information content (AvgIpc) is 3.08. The van der Waals surface area contributed by atoms with Gasteiger partial charge in [-0.2, -0.15) is 0 Å². The van der Waals surface area contributed by atoms with Gasteiger partial charge in [0.25, 0.3) is 0 Å². The summed E-state index contributed by atoms with van der Waals surface area (Å²) < 4.78 is 5.81. The van der Waals surface area contributed by atoms with E-state index in [1.54, 1.807) is 12.4 Å². The monoisotopic (exact) mass is 605 g/mol. The highest BCUT2D eigenvalue weighted by atomic mass is 16.5. The predicted octanol–water partition coefficient (Wildman–Crippen LogP) is 5.70. The maximum Gasteiger partial charge on any atom is 0.326 e. The number of likely N-dealkylation sites (tertiary alicyclic amines) is 1. The molecule has 2 amide bonds. The molecule has 1 aliphatic rings. The quantitative estimate of drug-likeness (QED) is 0.202. The van der Waals surface area contributed by atoms with Gasteiger partial charge in [0.2, 0.25) is 11.8 Å². The van der Waals surface area contributed by atoms with Crippen molar-refractivity contribution in [2.75, 3.05) is 13.1 Å². The topological polar surface area (TPSA) is 109 Å². The largest absolute Gasteiger partial charge is 0.489 e. The number of rotatable bonds is 13. The Morgan fingerprint density at radius 1 is 0.844 bits per heavy atom. The number of carbonyl (C=O) groups is 3. The molecule has 232 valence electrons. The van der Waals surface area contributed by atoms with Crippen LogP contribution in [0, 0.1) is 5.92 Å². The number of aliphatic carboxylic acids is 1. The van der Waals surface area contributed by atoms with Gasteiger partial charge in [-0.3, -0.25) is 14.6 Å². The minimum Gasteiger partial charge on any atom is -0.489 e. The van der Waals surface area contributed by atoms with E-state index in [4.69, 9.17) is 4.74 Å². The molecular formula is C37H39N3O5. The molecule has 1 atom stereocenters. The van der Waals surface area contributed by atoms with Crippen molar-refractivity contribution in [3.05, 3.63) is 120 Å². The number of hydrogen-bond donors (Lipinski definition) is 2. The molecule has 4 aromatic rings. The number of nitrogens with one attached hydrogen (secondary N) is 1. The summed E-state index contributed by atoms with van der Waals surface area (Å²) in [6.45, 7) is 1.66. The SMILES string of the molecule is O=C(CC1CCN(C(=O)CCc2cccc(-c3ccncc3)c2)CC1)NC(Cc1ccc(OCc2ccccc2)cc1)C(=O)O. The molecule has 1 fully saturated rings. The molecule has 8 heteroatoms. The van der Waals surface area contributed by atoms with Crippen molar-refractivity contribution in [2.24, 2.45) is 5.92 Å². The molecule has 1 aliphatic heterocycles. The summed E-state index contributed by atoms with van der Waals surface area (Å²) in [5.41, 5.74) is 5.17. The molecule has 45 heavy (non-hydrogen) atoms. The van der Waals surface area contributed by atoms with E-state index in [9.17, 15) is 19.5 Å². The van der Waals surface area contributed by atoms with Gasteiger partial charge >= 0.3 is 5.97 Å². The first-order valence-electron chi connectivity index (χ1n) is 15.5. The molecule has 1 saturated heterocycles. The fourth-order valence-corrected chi connectivity index (χ4v) is 5.66. The fraction of sp³-hybridized carbons (Fsp3) is 0.297. The number of carboxylic acid groups (broad SMARTS) is 1. The summed E-state index contributed by atoms with van der Waals surface area (Å²) in [6.07, 6.45) is 6.52. The number of ether oxygens (including phenoxy) is 1. The third-order valence-corrected chi connectivity index (χ3v) is 8.25. The smallest absolute Gasteiger partial charge is 0.326 e. The van der Waals surface area contributed by atoms with E-state index >= 15 is 0 Å². The van der Waals surface area contributed by atoms with Crippen LogP contribution in [0.25, 0.3) is 11.1 Å². The van der Waals surface area contributed by atoms with Crippen LogP contribution >= 0.6 is 0 Å². The maximum atomic E-state index is 12.9. The maximum absolute atomic E-state index is 12.9. The lowest BCUT2D eigenvalue weighted by Gasteiger charge is -2.32. The molecule has 0 radical (unpaired) electrons. The molecule has 1 unspecified atom stereocenters. The summed E-state index contributed by atoms with van der Waals surface area (Å²) in [6, 6.07) is 28.3. The Kier molecular flexibility index (Phi) is 10.9. The van der Waals surface area contributed by atoms with E-state index in [-0.39, 0.29) is 30.6 Å². The lowest BCUT2D eigenvalue weighted by Crippen LogP contribution is -2.44. The molecule has 2 N–H and O–H groups in total. The number of pyridine rings is 1. The van der Waals surface area contributed by atoms with Gasteiger partial charge in [0.15, 0.2) is 0 Å². The average molecular weight is 606 g/mol. The Hall–Kier alpha value is -4.98. The van der Waals surface area contributed by atoms with Crippen LogP contribution in [0.15, 0.2) is 103 Å². The van der Waals surface area contributed by atoms with Crippen LogP contribution in [0.4, 0.5) is 0 Å². The first-order valence-corrected chi connectivity index (χ1v) is 15.5. The van der Waals surface area contributed by atoms with Gasteiger partial charge in [0.05, 0.1) is 0 Å². The van der Waals surface area contributed by atoms with Gasteiger partial charge < -0.3 is 20.1 Å². The van der Waals surface area contributed by atoms with Gasteiger partial charge in [-0.25, -0.2) is 4.79 Å². The highest BCUT2D eigenvalue weighted by Gasteiger charge is 2.26. The Bertz CT molecular complexity index is 1550. The number of hydrogen-bond acceptors (Lipinski definition) is 5. The number of piperidine rings is 1. The highest BCUT2D eigenvalue weighted by Crippen LogP contribution is 2.23. The second-order valence-electron chi connectivity index (χ2n) is 11.5. The third-order valence-electron chi connectivity index (χ3n) is 8.25. The number of aromatic nitrogens is 1. The van der Waals surface area contributed by atoms with Crippen molar-refractivity contribution in [1.82, 2.24) is 15.2 Å². The van der Waals surface area contributed by atoms with Crippen molar-refractivity contribution in [3.63, 3.8) is 0 Å². The lowest BCUT2D eigenvalue weighted by molar-refractivity contribution is -0.142. The van der Waals surface area contributed by atoms with Crippen LogP contribution in [0.1, 0.15) is 42.4 Å². The fourth-order valence-electron chi connectivity index (χ4n) is 5.66. The van der Waals surface area contributed by atoms with E-state index in [0.717, 1.165) is 40.7 Å². The van der Waals surface area contributed by atoms with Crippen LogP contribution in [0.2, 0.25) is 0 Å². The first-order chi connectivity index (χ1) is 21.9. The molecule has 1 aromatic heterocycles. The summed E-state index contributed by atoms with van der Waals surface area (Å²) >= 11 is 0. The lowest BCUT2D eigenvalue weighted by atomic mass is 9.92. The normalized spacial score (nSPS) is 14.0. The van der Waals surface area contributed by atoms with E-state index in [0.29, 0.717) is 38.3 Å². The standard InChI is InChI=1S/C37H39N3O5/c41-35(39-34(37(43)44)24-28-9-12-33(13-10-28)45-26-30-5-2-1-3-6-30)25-29-17-21-40(22-18-29)36(42)14-11-27-7-4-8-32(23-27)31-15-19-38-20-16-31/h1-10,12-13,15-16,19-20,23,29,34H,11,14,17-18,21-22,24-26H2,(H,39,41)(H,43,44). The molecule has 0 saturated carbocycles. The molecule has 0 bridgehead atoms. The third kappa shape index (κ3) is 9.50. The van der Waals surface area contributed by atoms with E-state index in [1.807, 2.05) is 83.8 Å². The van der Waals surface area contributed by atoms with Crippen LogP contribution in [-0.4, -0.2) is 51.9 Å². The zero-order valence-electron chi connectivity index (χ0n) is 25.3. The molecule has 3 aromatic carbocycles. The Morgan fingerprint density at radius 2 is 1.56 bits per heavy atom. The number of amides is 2. The summed E-state index contributed by atoms with van der Waals surface area (Å²) in [4.78, 5) is 43.7. The number of nitrogens with zero attached hydrogens (tertiary/aromatic N) is 2. The van der Waals surface area contributed by atoms with Gasteiger partial charge in [-0.15, -0.1) is 0 Å². The molecule has 0 aliphatic carbocycles. The molecule has 0 spiro atoms. The molecular weight excluding hydrogens is 566 g/mol. The first kappa shape index (κ1) is 31.4. The Morgan fingerprint density at radius 3 is 2.27 bits per heavy atom. The van der Waals surface area contributed by atoms with Gasteiger partial charge in [0.1, 0.15) is 18.4 Å². The summed E-state index contributed by atoms with van der Waals surface area (Å²) in [5, 5.41) is 12.5. The van der Waals surface area contributed by atoms with Gasteiger partial charge in [0, 0.05) is 44.7 Å². The van der Waals surface area contributed by atoms with Crippen LogP contribution < -0.4 is 10.1 Å². The van der Waals surface area contributed by atoms with Gasteiger partial charge in [-0.05, 0) is 77.3 Å². The van der Waals surface area contributed by atoms with Crippen LogP contribution in [0.5, 0.6) is 5.75 Å². The number of carboxylic acids is 1. The van der Waals surface area contributed by atoms with Crippen LogP contribution in [-0.2, 0) is 33.8 Å². The molecule has 2 heterocycles. The van der Waals surface area contributed by atoms with E-state index in [1.165, 1.54) is 0 Å². The number of benzene rings is 3. The van der Waals surface area contributed by atoms with Crippen molar-refractivity contribution < 1.29 is 24.2 Å². The highest BCUT2D eigenvalue weighted by molar-refractivity contribution is 5.84. The number of carbonyl (C=O) groups excluding carboxylic acids is 2. The second kappa shape index (κ2) is 15.7. The summed E-state index contributed by atoms with van der Waals surface area (Å²) in [7, 11) is 0. The van der Waals surface area contributed by atoms with Crippen molar-refractivity contribution >= 4 is 17.8 Å². The van der Waals surface area contributed by atoms with Crippen LogP contribution in [0.3, 0.4) is 0 Å². The number of aryl methyl sites for hydroxylation is 1.